The molecule has 0 spiro atoms. The van der Waals surface area contributed by atoms with Crippen LogP contribution in [0.5, 0.6) is 23.0 Å². The SMILES string of the molecule is C.C.C1CCOC1.CN(Cc1ccc(OC(F)(F)F)cc1)c1cccc(CN)c1.FC(F)(F)Oc1ccc(CBr)cc1.O=CO[O-].[AlH3].[C-]#[N+]c1cccc(N)c1.[C-]#[N+]c1cccc(OCc2ccc(OC(F)(F)F)cc2)c1.[H-].[H-].[Li+].[Na+].[Na+]. The molecule has 1 aliphatic heterocycles. The zero-order chi connectivity index (χ0) is 55.0. The Morgan fingerprint density at radius 3 is 1.43 bits per heavy atom. The maximum Gasteiger partial charge on any atom is 1.00 e. The van der Waals surface area contributed by atoms with Crippen LogP contribution in [0.4, 0.5) is 62.3 Å². The molecular weight excluding hydrogens is 1170 g/mol. The van der Waals surface area contributed by atoms with Crippen LogP contribution in [0.2, 0.25) is 0 Å². The minimum absolute atomic E-state index is 0. The van der Waals surface area contributed by atoms with Crippen molar-refractivity contribution in [2.75, 3.05) is 30.9 Å². The molecule has 0 atom stereocenters. The van der Waals surface area contributed by atoms with Gasteiger partial charge in [-0.2, -0.15) is 0 Å². The van der Waals surface area contributed by atoms with Crippen LogP contribution in [0, 0.1) is 13.1 Å². The van der Waals surface area contributed by atoms with Gasteiger partial charge in [-0.05, 0) is 108 Å². The van der Waals surface area contributed by atoms with Crippen LogP contribution in [-0.4, -0.2) is 63.2 Å². The van der Waals surface area contributed by atoms with Crippen molar-refractivity contribution in [3.8, 4) is 23.0 Å². The first-order valence-corrected chi connectivity index (χ1v) is 22.4. The molecular formula is C53H61AlBrF9LiN5Na2O8. The molecule has 0 aliphatic carbocycles. The molecule has 0 radical (unpaired) electrons. The summed E-state index contributed by atoms with van der Waals surface area (Å²) in [4.78, 5) is 19.7. The van der Waals surface area contributed by atoms with E-state index in [1.54, 1.807) is 72.8 Å². The Labute approximate surface area is 538 Å². The molecule has 1 saturated heterocycles. The Balaban J connectivity index is -0.000000174. The number of nitrogens with zero attached hydrogens (tertiary/aromatic N) is 3. The van der Waals surface area contributed by atoms with Gasteiger partial charge in [0.2, 0.25) is 0 Å². The Morgan fingerprint density at radius 1 is 0.650 bits per heavy atom. The first-order chi connectivity index (χ1) is 35.1. The third kappa shape index (κ3) is 40.6. The van der Waals surface area contributed by atoms with Gasteiger partial charge in [-0.15, -0.1) is 39.5 Å². The molecule has 0 unspecified atom stereocenters. The van der Waals surface area contributed by atoms with Crippen molar-refractivity contribution in [3.05, 3.63) is 191 Å². The van der Waals surface area contributed by atoms with E-state index in [1.807, 2.05) is 36.2 Å². The molecule has 6 aromatic carbocycles. The topological polar surface area (TPSA) is 160 Å². The molecule has 422 valence electrons. The second kappa shape index (κ2) is 46.0. The van der Waals surface area contributed by atoms with Crippen molar-refractivity contribution in [3.63, 3.8) is 0 Å². The summed E-state index contributed by atoms with van der Waals surface area (Å²) in [6.45, 7) is 16.5. The van der Waals surface area contributed by atoms with Crippen molar-refractivity contribution in [1.29, 1.82) is 0 Å². The second-order valence-corrected chi connectivity index (χ2v) is 15.1. The van der Waals surface area contributed by atoms with E-state index < -0.39 is 19.1 Å². The Kier molecular flexibility index (Phi) is 48.4. The summed E-state index contributed by atoms with van der Waals surface area (Å²) in [7, 11) is 1.91. The largest absolute Gasteiger partial charge is 1.00 e. The summed E-state index contributed by atoms with van der Waals surface area (Å²) in [5, 5.41) is 9.04. The smallest absolute Gasteiger partial charge is 1.00 e. The van der Waals surface area contributed by atoms with E-state index in [4.69, 9.17) is 44.1 Å². The minimum Gasteiger partial charge on any atom is -1.00 e. The number of ether oxygens (including phenoxy) is 5. The molecule has 1 fully saturated rings. The Morgan fingerprint density at radius 2 is 1.06 bits per heavy atom. The average molecular weight is 1230 g/mol. The van der Waals surface area contributed by atoms with Crippen molar-refractivity contribution in [2.24, 2.45) is 5.73 Å². The summed E-state index contributed by atoms with van der Waals surface area (Å²) >= 11 is 3.18. The fourth-order valence-corrected chi connectivity index (χ4v) is 5.94. The average Bonchev–Trinajstić information content (AvgIpc) is 3.97. The van der Waals surface area contributed by atoms with Crippen LogP contribution in [0.3, 0.4) is 0 Å². The predicted molar refractivity (Wildman–Crippen MR) is 285 cm³/mol. The Bertz CT molecular complexity index is 2650. The zero-order valence-corrected chi connectivity index (χ0v) is 47.7. The molecule has 1 aliphatic rings. The summed E-state index contributed by atoms with van der Waals surface area (Å²) < 4.78 is 129. The van der Waals surface area contributed by atoms with E-state index in [1.165, 1.54) is 61.4 Å². The van der Waals surface area contributed by atoms with Crippen molar-refractivity contribution in [2.45, 2.75) is 71.8 Å². The molecule has 0 amide bonds. The summed E-state index contributed by atoms with van der Waals surface area (Å²) in [6, 6.07) is 38.3. The number of halogens is 10. The first-order valence-electron chi connectivity index (χ1n) is 21.3. The van der Waals surface area contributed by atoms with E-state index >= 15 is 0 Å². The molecule has 4 N–H and O–H groups in total. The van der Waals surface area contributed by atoms with Gasteiger partial charge in [0.1, 0.15) is 29.6 Å². The molecule has 0 saturated carbocycles. The predicted octanol–water partition coefficient (Wildman–Crippen LogP) is 4.25. The third-order valence-electron chi connectivity index (χ3n) is 8.85. The Hall–Kier alpha value is -4.57. The summed E-state index contributed by atoms with van der Waals surface area (Å²) in [6.07, 6.45) is -11.4. The number of rotatable bonds is 12. The summed E-state index contributed by atoms with van der Waals surface area (Å²) in [5.41, 5.74) is 17.2. The van der Waals surface area contributed by atoms with Crippen LogP contribution in [0.25, 0.3) is 9.69 Å². The van der Waals surface area contributed by atoms with Crippen molar-refractivity contribution in [1.82, 2.24) is 0 Å². The molecule has 0 aromatic heterocycles. The zero-order valence-electron chi connectivity index (χ0n) is 44.1. The normalized spacial score (nSPS) is 10.5. The number of anilines is 2. The molecule has 7 rings (SSSR count). The maximum absolute atomic E-state index is 12.1. The number of nitrogens with two attached hydrogens (primary N) is 2. The van der Waals surface area contributed by atoms with Crippen LogP contribution in [-0.2, 0) is 39.4 Å². The van der Waals surface area contributed by atoms with E-state index in [9.17, 15) is 39.5 Å². The van der Waals surface area contributed by atoms with Gasteiger partial charge in [-0.25, -0.2) is 9.69 Å². The number of benzene rings is 6. The number of nitrogen functional groups attached to an aromatic ring is 1. The van der Waals surface area contributed by atoms with Gasteiger partial charge in [0.25, 0.3) is 6.47 Å². The fraction of sp³-hybridized carbons (Fsp3) is 0.264. The van der Waals surface area contributed by atoms with Crippen molar-refractivity contribution >= 4 is 62.5 Å². The van der Waals surface area contributed by atoms with Gasteiger partial charge < -0.3 is 53.0 Å². The van der Waals surface area contributed by atoms with E-state index in [0.717, 1.165) is 35.6 Å². The number of carbonyl (C=O) groups excluding carboxylic acids is 1. The van der Waals surface area contributed by atoms with Gasteiger partial charge in [-0.1, -0.05) is 104 Å². The minimum atomic E-state index is -4.70. The van der Waals surface area contributed by atoms with Crippen molar-refractivity contribution < 1.29 is 159 Å². The number of alkyl halides is 10. The number of hydrogen-bond donors (Lipinski definition) is 2. The van der Waals surface area contributed by atoms with Crippen LogP contribution in [0.1, 0.15) is 52.8 Å². The third-order valence-corrected chi connectivity index (χ3v) is 9.50. The molecule has 80 heavy (non-hydrogen) atoms. The second-order valence-electron chi connectivity index (χ2n) is 14.6. The monoisotopic (exact) mass is 1230 g/mol. The number of carbonyl (C=O) groups is 1. The molecule has 1 heterocycles. The standard InChI is InChI=1S/C16H17F3N2O.C15H10F3NO2.C8H6BrF3O.C7H6N2.C4H8O.CH2O3.2CH4.Al.Li.2Na.5H/c1-21(14-4-2-3-13(9-14)10-20)11-12-5-7-15(8-6-12)22-16(17,18)19;1-19-12-3-2-4-14(9-12)20-10-11-5-7-13(8-6-11)21-15(16,17)18;9-5-6-1-3-7(4-2-6)13-8(10,11)12;1-9-7-4-2-3-6(8)5-7;1-2-4-5-3-1;2-1-4-3;;;;;;;;;;;/h2-9H,10-11,20H2,1H3;2-9H,10H2;1-4H,5H2;2-5H,8H2;1-4H2;1,3H;2*1H4;;;;;;;;;/q;;;;;;;;;3*+1;;;;2*-1/p-1. The van der Waals surface area contributed by atoms with E-state index in [-0.39, 0.29) is 143 Å². The molecule has 27 heteroatoms. The van der Waals surface area contributed by atoms with Gasteiger partial charge in [0.15, 0.2) is 28.7 Å². The van der Waals surface area contributed by atoms with E-state index in [0.29, 0.717) is 46.8 Å². The van der Waals surface area contributed by atoms with Gasteiger partial charge >= 0.3 is 97.1 Å². The molecule has 0 bridgehead atoms. The van der Waals surface area contributed by atoms with Gasteiger partial charge in [0, 0.05) is 50.1 Å². The quantitative estimate of drug-likeness (QED) is 0.0264. The molecule has 6 aromatic rings. The van der Waals surface area contributed by atoms with Crippen LogP contribution < -0.4 is 119 Å². The van der Waals surface area contributed by atoms with E-state index in [2.05, 4.69) is 44.7 Å². The maximum atomic E-state index is 12.1. The first kappa shape index (κ1) is 84.2. The summed E-state index contributed by atoms with van der Waals surface area (Å²) in [5.74, 6) is -0.165. The number of hydrogen-bond acceptors (Lipinski definition) is 11. The van der Waals surface area contributed by atoms with Gasteiger partial charge in [-0.3, -0.25) is 4.79 Å². The van der Waals surface area contributed by atoms with Crippen LogP contribution >= 0.6 is 15.9 Å². The molecule has 13 nitrogen and oxygen atoms in total. The van der Waals surface area contributed by atoms with Crippen LogP contribution in [0.15, 0.2) is 146 Å². The van der Waals surface area contributed by atoms with Gasteiger partial charge in [0.05, 0.1) is 13.1 Å². The fourth-order valence-electron chi connectivity index (χ4n) is 5.56.